The number of carbonyl (C=O) groups excluding carboxylic acids is 1. The molecular formula is C9H15NO2. The first-order valence-electron chi connectivity index (χ1n) is 4.17. The Morgan fingerprint density at radius 1 is 1.67 bits per heavy atom. The minimum absolute atomic E-state index is 0.0951. The molecule has 1 aliphatic rings. The molecular weight excluding hydrogens is 154 g/mol. The maximum absolute atomic E-state index is 10.6. The molecule has 1 fully saturated rings. The zero-order valence-corrected chi connectivity index (χ0v) is 7.54. The van der Waals surface area contributed by atoms with E-state index in [1.165, 1.54) is 0 Å². The predicted molar refractivity (Wildman–Crippen MR) is 47.0 cm³/mol. The lowest BCUT2D eigenvalue weighted by Gasteiger charge is -2.03. The van der Waals surface area contributed by atoms with Crippen LogP contribution in [0.15, 0.2) is 12.2 Å². The average molecular weight is 169 g/mol. The average Bonchev–Trinajstić information content (AvgIpc) is 2.48. The summed E-state index contributed by atoms with van der Waals surface area (Å²) in [5, 5.41) is 3.25. The first kappa shape index (κ1) is 9.42. The van der Waals surface area contributed by atoms with Gasteiger partial charge in [0.15, 0.2) is 5.78 Å². The van der Waals surface area contributed by atoms with Crippen molar-refractivity contribution in [3.05, 3.63) is 12.2 Å². The van der Waals surface area contributed by atoms with Gasteiger partial charge < -0.3 is 10.1 Å². The van der Waals surface area contributed by atoms with Gasteiger partial charge in [0.05, 0.1) is 6.10 Å². The van der Waals surface area contributed by atoms with Gasteiger partial charge in [0.2, 0.25) is 0 Å². The van der Waals surface area contributed by atoms with Crippen molar-refractivity contribution >= 4 is 5.78 Å². The van der Waals surface area contributed by atoms with Crippen LogP contribution in [0.3, 0.4) is 0 Å². The van der Waals surface area contributed by atoms with Gasteiger partial charge in [0.1, 0.15) is 0 Å². The highest BCUT2D eigenvalue weighted by Crippen LogP contribution is 2.09. The summed E-state index contributed by atoms with van der Waals surface area (Å²) in [6.45, 7) is 2.43. The molecule has 0 spiro atoms. The van der Waals surface area contributed by atoms with Crippen molar-refractivity contribution in [2.45, 2.75) is 25.5 Å². The molecule has 3 heteroatoms. The number of ether oxygens (including phenoxy) is 1. The fourth-order valence-electron chi connectivity index (χ4n) is 1.31. The molecule has 0 amide bonds. The number of nitrogens with one attached hydrogen (secondary N) is 1. The fourth-order valence-corrected chi connectivity index (χ4v) is 1.31. The van der Waals surface area contributed by atoms with Crippen LogP contribution in [0.5, 0.6) is 0 Å². The molecule has 1 rings (SSSR count). The third kappa shape index (κ3) is 2.75. The van der Waals surface area contributed by atoms with E-state index in [0.717, 1.165) is 13.0 Å². The van der Waals surface area contributed by atoms with Gasteiger partial charge in [-0.2, -0.15) is 0 Å². The molecule has 1 saturated heterocycles. The van der Waals surface area contributed by atoms with Crippen molar-refractivity contribution < 1.29 is 9.53 Å². The van der Waals surface area contributed by atoms with Gasteiger partial charge >= 0.3 is 0 Å². The number of ketones is 1. The number of hydrogen-bond donors (Lipinski definition) is 1. The highest BCUT2D eigenvalue weighted by molar-refractivity contribution is 5.87. The SMILES string of the molecule is CO[C@H]1CN[C@@H](/C=C/C(C)=O)C1. The number of methoxy groups -OCH3 is 1. The summed E-state index contributed by atoms with van der Waals surface area (Å²) < 4.78 is 5.17. The fraction of sp³-hybridized carbons (Fsp3) is 0.667. The van der Waals surface area contributed by atoms with Crippen molar-refractivity contribution in [2.24, 2.45) is 0 Å². The summed E-state index contributed by atoms with van der Waals surface area (Å²) in [6.07, 6.45) is 4.77. The van der Waals surface area contributed by atoms with E-state index in [1.807, 2.05) is 6.08 Å². The van der Waals surface area contributed by atoms with E-state index >= 15 is 0 Å². The van der Waals surface area contributed by atoms with Crippen molar-refractivity contribution in [1.29, 1.82) is 0 Å². The molecule has 2 atom stereocenters. The van der Waals surface area contributed by atoms with E-state index in [1.54, 1.807) is 20.1 Å². The highest BCUT2D eigenvalue weighted by atomic mass is 16.5. The minimum Gasteiger partial charge on any atom is -0.380 e. The van der Waals surface area contributed by atoms with Crippen molar-refractivity contribution in [2.75, 3.05) is 13.7 Å². The Balaban J connectivity index is 2.32. The van der Waals surface area contributed by atoms with Crippen LogP contribution in [-0.4, -0.2) is 31.6 Å². The molecule has 0 saturated carbocycles. The van der Waals surface area contributed by atoms with E-state index in [0.29, 0.717) is 12.1 Å². The number of carbonyl (C=O) groups is 1. The molecule has 0 aromatic heterocycles. The summed E-state index contributed by atoms with van der Waals surface area (Å²) in [6, 6.07) is 0.304. The molecule has 0 aromatic rings. The van der Waals surface area contributed by atoms with E-state index < -0.39 is 0 Å². The lowest BCUT2D eigenvalue weighted by atomic mass is 10.2. The lowest BCUT2D eigenvalue weighted by Crippen LogP contribution is -2.19. The molecule has 12 heavy (non-hydrogen) atoms. The zero-order valence-electron chi connectivity index (χ0n) is 7.54. The standard InChI is InChI=1S/C9H15NO2/c1-7(11)3-4-8-5-9(12-2)6-10-8/h3-4,8-10H,5-6H2,1-2H3/b4-3+/t8-,9+/m0/s1. The molecule has 0 radical (unpaired) electrons. The molecule has 1 aliphatic heterocycles. The van der Waals surface area contributed by atoms with Crippen LogP contribution in [0.4, 0.5) is 0 Å². The third-order valence-electron chi connectivity index (χ3n) is 2.02. The maximum atomic E-state index is 10.6. The summed E-state index contributed by atoms with van der Waals surface area (Å²) in [5.41, 5.74) is 0. The van der Waals surface area contributed by atoms with Crippen LogP contribution >= 0.6 is 0 Å². The molecule has 0 unspecified atom stereocenters. The molecule has 0 bridgehead atoms. The smallest absolute Gasteiger partial charge is 0.152 e. The second kappa shape index (κ2) is 4.38. The molecule has 3 nitrogen and oxygen atoms in total. The summed E-state index contributed by atoms with van der Waals surface area (Å²) >= 11 is 0. The highest BCUT2D eigenvalue weighted by Gasteiger charge is 2.21. The first-order valence-corrected chi connectivity index (χ1v) is 4.17. The molecule has 1 heterocycles. The largest absolute Gasteiger partial charge is 0.380 e. The van der Waals surface area contributed by atoms with Crippen LogP contribution in [0.1, 0.15) is 13.3 Å². The summed E-state index contributed by atoms with van der Waals surface area (Å²) in [4.78, 5) is 10.6. The molecule has 0 aromatic carbocycles. The van der Waals surface area contributed by atoms with Gasteiger partial charge in [-0.05, 0) is 19.4 Å². The Hall–Kier alpha value is -0.670. The van der Waals surface area contributed by atoms with Gasteiger partial charge in [0.25, 0.3) is 0 Å². The van der Waals surface area contributed by atoms with Gasteiger partial charge in [-0.15, -0.1) is 0 Å². The Labute approximate surface area is 72.8 Å². The lowest BCUT2D eigenvalue weighted by molar-refractivity contribution is -0.112. The third-order valence-corrected chi connectivity index (χ3v) is 2.02. The number of hydrogen-bond acceptors (Lipinski definition) is 3. The Kier molecular flexibility index (Phi) is 3.44. The van der Waals surface area contributed by atoms with Crippen LogP contribution in [0, 0.1) is 0 Å². The van der Waals surface area contributed by atoms with Crippen LogP contribution in [-0.2, 0) is 9.53 Å². The van der Waals surface area contributed by atoms with Gasteiger partial charge in [-0.3, -0.25) is 4.79 Å². The number of rotatable bonds is 3. The Bertz CT molecular complexity index is 189. The van der Waals surface area contributed by atoms with Crippen LogP contribution < -0.4 is 5.32 Å². The predicted octanol–water partition coefficient (Wildman–Crippen LogP) is 0.508. The van der Waals surface area contributed by atoms with E-state index in [4.69, 9.17) is 4.74 Å². The number of allylic oxidation sites excluding steroid dienone is 1. The van der Waals surface area contributed by atoms with Crippen molar-refractivity contribution in [1.82, 2.24) is 5.32 Å². The van der Waals surface area contributed by atoms with Gasteiger partial charge in [0, 0.05) is 19.7 Å². The topological polar surface area (TPSA) is 38.3 Å². The Morgan fingerprint density at radius 3 is 2.92 bits per heavy atom. The first-order chi connectivity index (χ1) is 5.72. The second-order valence-electron chi connectivity index (χ2n) is 3.08. The van der Waals surface area contributed by atoms with Crippen LogP contribution in [0.25, 0.3) is 0 Å². The summed E-state index contributed by atoms with van der Waals surface area (Å²) in [5.74, 6) is 0.0951. The zero-order chi connectivity index (χ0) is 8.97. The molecule has 0 aliphatic carbocycles. The second-order valence-corrected chi connectivity index (χ2v) is 3.08. The molecule has 1 N–H and O–H groups in total. The van der Waals surface area contributed by atoms with Crippen LogP contribution in [0.2, 0.25) is 0 Å². The maximum Gasteiger partial charge on any atom is 0.152 e. The van der Waals surface area contributed by atoms with Crippen molar-refractivity contribution in [3.8, 4) is 0 Å². The van der Waals surface area contributed by atoms with E-state index in [-0.39, 0.29) is 5.78 Å². The van der Waals surface area contributed by atoms with Gasteiger partial charge in [-0.25, -0.2) is 0 Å². The van der Waals surface area contributed by atoms with E-state index in [2.05, 4.69) is 5.32 Å². The molecule has 68 valence electrons. The Morgan fingerprint density at radius 2 is 2.42 bits per heavy atom. The summed E-state index contributed by atoms with van der Waals surface area (Å²) in [7, 11) is 1.71. The monoisotopic (exact) mass is 169 g/mol. The van der Waals surface area contributed by atoms with Gasteiger partial charge in [-0.1, -0.05) is 6.08 Å². The van der Waals surface area contributed by atoms with Crippen molar-refractivity contribution in [3.63, 3.8) is 0 Å². The minimum atomic E-state index is 0.0951. The quantitative estimate of drug-likeness (QED) is 0.625. The normalized spacial score (nSPS) is 29.8. The van der Waals surface area contributed by atoms with E-state index in [9.17, 15) is 4.79 Å².